The van der Waals surface area contributed by atoms with Gasteiger partial charge in [0.15, 0.2) is 0 Å². The molecule has 0 aromatic heterocycles. The van der Waals surface area contributed by atoms with Crippen LogP contribution in [-0.4, -0.2) is 120 Å². The number of azide groups is 1. The van der Waals surface area contributed by atoms with E-state index in [1.54, 1.807) is 18.2 Å². The highest BCUT2D eigenvalue weighted by Gasteiger charge is 2.39. The largest absolute Gasteiger partial charge is 0.379 e. The Hall–Kier alpha value is -3.63. The van der Waals surface area contributed by atoms with Gasteiger partial charge in [-0.3, -0.25) is 24.5 Å². The summed E-state index contributed by atoms with van der Waals surface area (Å²) in [6.07, 6.45) is 0.433. The maximum absolute atomic E-state index is 12.9. The molecule has 43 heavy (non-hydrogen) atoms. The van der Waals surface area contributed by atoms with E-state index >= 15 is 0 Å². The molecule has 16 heteroatoms. The number of benzene rings is 1. The van der Waals surface area contributed by atoms with Crippen LogP contribution >= 0.6 is 0 Å². The first-order valence-electron chi connectivity index (χ1n) is 14.0. The van der Waals surface area contributed by atoms with Gasteiger partial charge in [0.05, 0.1) is 72.7 Å². The van der Waals surface area contributed by atoms with Gasteiger partial charge in [0.2, 0.25) is 17.7 Å². The molecule has 1 aromatic rings. The molecule has 0 radical (unpaired) electrons. The van der Waals surface area contributed by atoms with Gasteiger partial charge in [-0.05, 0) is 24.1 Å². The third kappa shape index (κ3) is 11.9. The van der Waals surface area contributed by atoms with E-state index < -0.39 is 11.9 Å². The lowest BCUT2D eigenvalue weighted by atomic mass is 10.0. The van der Waals surface area contributed by atoms with E-state index in [0.29, 0.717) is 82.8 Å². The lowest BCUT2D eigenvalue weighted by Gasteiger charge is -2.29. The van der Waals surface area contributed by atoms with Crippen molar-refractivity contribution < 1.29 is 47.6 Å². The molecule has 4 amide bonds. The van der Waals surface area contributed by atoms with E-state index in [1.165, 1.54) is 4.90 Å². The third-order valence-electron chi connectivity index (χ3n) is 6.35. The molecule has 1 aromatic carbocycles. The number of hydrogen-bond acceptors (Lipinski definition) is 11. The molecule has 16 nitrogen and oxygen atoms in total. The molecular weight excluding hydrogens is 568 g/mol. The van der Waals surface area contributed by atoms with Crippen molar-refractivity contribution in [3.63, 3.8) is 0 Å². The number of imide groups is 1. The number of anilines is 1. The Morgan fingerprint density at radius 1 is 0.907 bits per heavy atom. The van der Waals surface area contributed by atoms with Gasteiger partial charge < -0.3 is 38.6 Å². The first-order chi connectivity index (χ1) is 21.0. The second-order valence-electron chi connectivity index (χ2n) is 9.35. The van der Waals surface area contributed by atoms with Crippen LogP contribution < -0.4 is 10.6 Å². The number of ether oxygens (including phenoxy) is 6. The highest BCUT2D eigenvalue weighted by Crippen LogP contribution is 2.32. The molecule has 2 aliphatic heterocycles. The maximum Gasteiger partial charge on any atom is 0.255 e. The van der Waals surface area contributed by atoms with Crippen molar-refractivity contribution in [1.29, 1.82) is 0 Å². The van der Waals surface area contributed by atoms with E-state index in [1.807, 2.05) is 0 Å². The minimum absolute atomic E-state index is 0.160. The highest BCUT2D eigenvalue weighted by atomic mass is 16.6. The quantitative estimate of drug-likeness (QED) is 0.0625. The van der Waals surface area contributed by atoms with E-state index in [-0.39, 0.29) is 56.9 Å². The van der Waals surface area contributed by atoms with Crippen molar-refractivity contribution >= 4 is 29.3 Å². The number of carbonyl (C=O) groups is 4. The first-order valence-corrected chi connectivity index (χ1v) is 14.0. The fourth-order valence-electron chi connectivity index (χ4n) is 4.30. The van der Waals surface area contributed by atoms with Crippen molar-refractivity contribution in [3.8, 4) is 0 Å². The Kier molecular flexibility index (Phi) is 15.4. The number of rotatable bonds is 22. The lowest BCUT2D eigenvalue weighted by Crippen LogP contribution is -2.52. The second-order valence-corrected chi connectivity index (χ2v) is 9.35. The molecular formula is C27H38N6O10. The van der Waals surface area contributed by atoms with Crippen molar-refractivity contribution in [1.82, 2.24) is 10.2 Å². The molecule has 1 fully saturated rings. The lowest BCUT2D eigenvalue weighted by molar-refractivity contribution is -0.137. The number of hydrogen-bond donors (Lipinski definition) is 2. The SMILES string of the molecule is [N-]=[N+]=NCCOCCOCCOCCOCCOCCOCC(=O)Nc1cccc2c1CN(C1CCC(=O)NC1=O)C2=O. The van der Waals surface area contributed by atoms with Crippen molar-refractivity contribution in [2.24, 2.45) is 5.11 Å². The Morgan fingerprint density at radius 3 is 2.07 bits per heavy atom. The molecule has 236 valence electrons. The zero-order chi connectivity index (χ0) is 30.7. The van der Waals surface area contributed by atoms with Gasteiger partial charge in [0, 0.05) is 41.2 Å². The van der Waals surface area contributed by atoms with Gasteiger partial charge in [-0.1, -0.05) is 11.2 Å². The van der Waals surface area contributed by atoms with E-state index in [4.69, 9.17) is 34.0 Å². The smallest absolute Gasteiger partial charge is 0.255 e. The maximum atomic E-state index is 12.9. The van der Waals surface area contributed by atoms with Gasteiger partial charge in [0.1, 0.15) is 12.6 Å². The summed E-state index contributed by atoms with van der Waals surface area (Å²) in [4.78, 5) is 53.1. The summed E-state index contributed by atoms with van der Waals surface area (Å²) in [5.74, 6) is -1.53. The Bertz CT molecular complexity index is 1130. The van der Waals surface area contributed by atoms with Crippen molar-refractivity contribution in [2.75, 3.05) is 91.1 Å². The Balaban J connectivity index is 1.17. The molecule has 2 N–H and O–H groups in total. The summed E-state index contributed by atoms with van der Waals surface area (Å²) < 4.78 is 32.2. The van der Waals surface area contributed by atoms with Gasteiger partial charge >= 0.3 is 0 Å². The summed E-state index contributed by atoms with van der Waals surface area (Å²) in [6.45, 7) is 4.49. The Labute approximate surface area is 248 Å². The number of nitrogens with one attached hydrogen (secondary N) is 2. The summed E-state index contributed by atoms with van der Waals surface area (Å²) in [5.41, 5.74) is 9.65. The molecule has 0 aliphatic carbocycles. The average molecular weight is 607 g/mol. The minimum atomic E-state index is -0.727. The summed E-state index contributed by atoms with van der Waals surface area (Å²) in [7, 11) is 0. The van der Waals surface area contributed by atoms with Crippen LogP contribution in [0, 0.1) is 0 Å². The number of nitrogens with zero attached hydrogens (tertiary/aromatic N) is 4. The zero-order valence-corrected chi connectivity index (χ0v) is 24.0. The van der Waals surface area contributed by atoms with Gasteiger partial charge in [-0.25, -0.2) is 0 Å². The molecule has 1 unspecified atom stereocenters. The normalized spacial score (nSPS) is 16.1. The summed E-state index contributed by atoms with van der Waals surface area (Å²) >= 11 is 0. The molecule has 2 heterocycles. The first kappa shape index (κ1) is 33.9. The minimum Gasteiger partial charge on any atom is -0.379 e. The molecule has 2 aliphatic rings. The predicted octanol–water partition coefficient (Wildman–Crippen LogP) is 0.796. The Morgan fingerprint density at radius 2 is 1.49 bits per heavy atom. The van der Waals surface area contributed by atoms with Crippen LogP contribution in [0.1, 0.15) is 28.8 Å². The molecule has 3 rings (SSSR count). The van der Waals surface area contributed by atoms with Gasteiger partial charge in [-0.15, -0.1) is 0 Å². The molecule has 1 atom stereocenters. The third-order valence-corrected chi connectivity index (χ3v) is 6.35. The zero-order valence-electron chi connectivity index (χ0n) is 24.0. The van der Waals surface area contributed by atoms with Crippen LogP contribution in [0.4, 0.5) is 5.69 Å². The second kappa shape index (κ2) is 19.5. The molecule has 0 saturated carbocycles. The van der Waals surface area contributed by atoms with Crippen LogP contribution in [0.3, 0.4) is 0 Å². The molecule has 0 spiro atoms. The van der Waals surface area contributed by atoms with Crippen molar-refractivity contribution in [2.45, 2.75) is 25.4 Å². The highest BCUT2D eigenvalue weighted by molar-refractivity contribution is 6.06. The topological polar surface area (TPSA) is 200 Å². The summed E-state index contributed by atoms with van der Waals surface area (Å²) in [5, 5.41) is 8.40. The van der Waals surface area contributed by atoms with Gasteiger partial charge in [0.25, 0.3) is 5.91 Å². The van der Waals surface area contributed by atoms with E-state index in [9.17, 15) is 19.2 Å². The fraction of sp³-hybridized carbons (Fsp3) is 0.630. The van der Waals surface area contributed by atoms with E-state index in [0.717, 1.165) is 0 Å². The average Bonchev–Trinajstić information content (AvgIpc) is 3.33. The van der Waals surface area contributed by atoms with Crippen LogP contribution in [-0.2, 0) is 49.3 Å². The van der Waals surface area contributed by atoms with Crippen LogP contribution in [0.5, 0.6) is 0 Å². The number of piperidine rings is 1. The van der Waals surface area contributed by atoms with Crippen molar-refractivity contribution in [3.05, 3.63) is 39.8 Å². The number of fused-ring (bicyclic) bond motifs is 1. The standard InChI is InChI=1S/C27H38N6O10/c28-32-29-6-7-38-8-9-39-10-11-40-12-13-41-14-15-42-16-17-43-19-25(35)30-22-3-1-2-20-21(22)18-33(27(20)37)23-4-5-24(34)31-26(23)36/h1-3,23H,4-19H2,(H,30,35)(H,31,34,36). The monoisotopic (exact) mass is 606 g/mol. The van der Waals surface area contributed by atoms with Crippen LogP contribution in [0.25, 0.3) is 10.4 Å². The predicted molar refractivity (Wildman–Crippen MR) is 150 cm³/mol. The van der Waals surface area contributed by atoms with Crippen LogP contribution in [0.15, 0.2) is 23.3 Å². The van der Waals surface area contributed by atoms with Crippen LogP contribution in [0.2, 0.25) is 0 Å². The molecule has 1 saturated heterocycles. The van der Waals surface area contributed by atoms with E-state index in [2.05, 4.69) is 20.7 Å². The summed E-state index contributed by atoms with van der Waals surface area (Å²) in [6, 6.07) is 4.28. The fourth-order valence-corrected chi connectivity index (χ4v) is 4.30. The van der Waals surface area contributed by atoms with Gasteiger partial charge in [-0.2, -0.15) is 0 Å². The number of carbonyl (C=O) groups excluding carboxylic acids is 4. The molecule has 0 bridgehead atoms. The number of amides is 4.